The number of aryl methyl sites for hydroxylation is 1. The number of carbonyl (C=O) groups is 1. The van der Waals surface area contributed by atoms with Crippen LogP contribution in [0.5, 0.6) is 5.75 Å². The van der Waals surface area contributed by atoms with Gasteiger partial charge in [-0.1, -0.05) is 47.5 Å². The fraction of sp³-hybridized carbons (Fsp3) is 0.316. The fourth-order valence-electron chi connectivity index (χ4n) is 2.12. The summed E-state index contributed by atoms with van der Waals surface area (Å²) in [7, 11) is 0. The Bertz CT molecular complexity index is 684. The Morgan fingerprint density at radius 2 is 1.88 bits per heavy atom. The van der Waals surface area contributed by atoms with Crippen molar-refractivity contribution < 1.29 is 9.53 Å². The second kappa shape index (κ2) is 8.85. The number of anilines is 1. The maximum Gasteiger partial charge on any atom is 0.262 e. The maximum absolute atomic E-state index is 12.1. The van der Waals surface area contributed by atoms with Crippen molar-refractivity contribution >= 4 is 27.5 Å². The lowest BCUT2D eigenvalue weighted by molar-refractivity contribution is -0.118. The Labute approximate surface area is 151 Å². The van der Waals surface area contributed by atoms with Crippen LogP contribution in [0.3, 0.4) is 0 Å². The van der Waals surface area contributed by atoms with Crippen LogP contribution >= 0.6 is 15.9 Å². The molecule has 4 nitrogen and oxygen atoms in total. The van der Waals surface area contributed by atoms with E-state index in [-0.39, 0.29) is 12.5 Å². The molecule has 24 heavy (non-hydrogen) atoms. The third-order valence-electron chi connectivity index (χ3n) is 3.42. The quantitative estimate of drug-likeness (QED) is 0.741. The van der Waals surface area contributed by atoms with Crippen LogP contribution in [0.4, 0.5) is 5.69 Å². The third-order valence-corrected chi connectivity index (χ3v) is 3.91. The number of rotatable bonds is 7. The zero-order chi connectivity index (χ0) is 17.5. The van der Waals surface area contributed by atoms with Gasteiger partial charge in [0.2, 0.25) is 0 Å². The van der Waals surface area contributed by atoms with Crippen LogP contribution in [0, 0.1) is 6.92 Å². The first-order valence-corrected chi connectivity index (χ1v) is 8.74. The maximum atomic E-state index is 12.1. The lowest BCUT2D eigenvalue weighted by Crippen LogP contribution is -2.23. The van der Waals surface area contributed by atoms with Crippen molar-refractivity contribution in [2.24, 2.45) is 0 Å². The molecule has 0 aromatic heterocycles. The number of nitrogens with one attached hydrogen (secondary N) is 2. The summed E-state index contributed by atoms with van der Waals surface area (Å²) in [6.45, 7) is 6.85. The van der Waals surface area contributed by atoms with Crippen LogP contribution in [0.2, 0.25) is 0 Å². The van der Waals surface area contributed by atoms with Gasteiger partial charge in [0.15, 0.2) is 6.61 Å². The fourth-order valence-corrected chi connectivity index (χ4v) is 2.53. The van der Waals surface area contributed by atoms with E-state index >= 15 is 0 Å². The van der Waals surface area contributed by atoms with Gasteiger partial charge < -0.3 is 15.4 Å². The molecular weight excluding hydrogens is 368 g/mol. The van der Waals surface area contributed by atoms with Gasteiger partial charge in [-0.2, -0.15) is 0 Å². The van der Waals surface area contributed by atoms with Gasteiger partial charge in [0.1, 0.15) is 5.75 Å². The summed E-state index contributed by atoms with van der Waals surface area (Å²) in [5, 5.41) is 6.19. The lowest BCUT2D eigenvalue weighted by Gasteiger charge is -2.14. The Morgan fingerprint density at radius 3 is 2.54 bits per heavy atom. The number of ether oxygens (including phenoxy) is 1. The normalized spacial score (nSPS) is 10.7. The van der Waals surface area contributed by atoms with Crippen molar-refractivity contribution in [2.45, 2.75) is 33.4 Å². The van der Waals surface area contributed by atoms with E-state index in [2.05, 4.69) is 40.4 Å². The zero-order valence-corrected chi connectivity index (χ0v) is 15.8. The van der Waals surface area contributed by atoms with Crippen molar-refractivity contribution in [1.82, 2.24) is 5.32 Å². The molecule has 2 rings (SSSR count). The van der Waals surface area contributed by atoms with Crippen LogP contribution in [0.15, 0.2) is 46.9 Å². The Kier molecular flexibility index (Phi) is 6.82. The molecule has 0 bridgehead atoms. The smallest absolute Gasteiger partial charge is 0.262 e. The van der Waals surface area contributed by atoms with Crippen LogP contribution in [0.25, 0.3) is 0 Å². The van der Waals surface area contributed by atoms with Crippen LogP contribution in [-0.2, 0) is 11.3 Å². The predicted octanol–water partition coefficient (Wildman–Crippen LogP) is 4.27. The van der Waals surface area contributed by atoms with Gasteiger partial charge in [0, 0.05) is 28.3 Å². The number of hydrogen-bond donors (Lipinski definition) is 2. The summed E-state index contributed by atoms with van der Waals surface area (Å²) in [5.41, 5.74) is 2.94. The molecule has 128 valence electrons. The summed E-state index contributed by atoms with van der Waals surface area (Å²) >= 11 is 3.47. The molecule has 0 saturated carbocycles. The minimum atomic E-state index is -0.176. The summed E-state index contributed by atoms with van der Waals surface area (Å²) in [4.78, 5) is 12.1. The van der Waals surface area contributed by atoms with Crippen LogP contribution in [0.1, 0.15) is 25.0 Å². The molecule has 0 fully saturated rings. The molecule has 0 aliphatic carbocycles. The second-order valence-corrected chi connectivity index (χ2v) is 6.91. The number of halogens is 1. The second-order valence-electron chi connectivity index (χ2n) is 5.99. The summed E-state index contributed by atoms with van der Waals surface area (Å²) < 4.78 is 6.69. The highest BCUT2D eigenvalue weighted by molar-refractivity contribution is 9.10. The highest BCUT2D eigenvalue weighted by Crippen LogP contribution is 2.23. The minimum absolute atomic E-state index is 0.0236. The van der Waals surface area contributed by atoms with E-state index in [0.29, 0.717) is 18.3 Å². The van der Waals surface area contributed by atoms with Crippen molar-refractivity contribution in [1.29, 1.82) is 0 Å². The molecule has 0 unspecified atom stereocenters. The molecule has 5 heteroatoms. The van der Waals surface area contributed by atoms with Gasteiger partial charge in [0.25, 0.3) is 5.91 Å². The van der Waals surface area contributed by atoms with Gasteiger partial charge in [0.05, 0.1) is 0 Å². The van der Waals surface area contributed by atoms with Crippen molar-refractivity contribution in [3.63, 3.8) is 0 Å². The number of amides is 1. The molecule has 0 aliphatic rings. The summed E-state index contributed by atoms with van der Waals surface area (Å²) in [6, 6.07) is 13.8. The first kappa shape index (κ1) is 18.5. The number of benzene rings is 2. The zero-order valence-electron chi connectivity index (χ0n) is 14.2. The molecule has 2 aromatic carbocycles. The highest BCUT2D eigenvalue weighted by atomic mass is 79.9. The van der Waals surface area contributed by atoms with Gasteiger partial charge in [-0.3, -0.25) is 4.79 Å². The van der Waals surface area contributed by atoms with Gasteiger partial charge in [-0.25, -0.2) is 0 Å². The van der Waals surface area contributed by atoms with E-state index < -0.39 is 0 Å². The van der Waals surface area contributed by atoms with Crippen molar-refractivity contribution in [3.8, 4) is 5.75 Å². The molecule has 2 aromatic rings. The van der Waals surface area contributed by atoms with Crippen molar-refractivity contribution in [3.05, 3.63) is 58.1 Å². The van der Waals surface area contributed by atoms with E-state index in [1.807, 2.05) is 49.4 Å². The molecule has 0 aliphatic heterocycles. The van der Waals surface area contributed by atoms with E-state index in [9.17, 15) is 4.79 Å². The average Bonchev–Trinajstić information content (AvgIpc) is 2.54. The van der Waals surface area contributed by atoms with E-state index in [1.165, 1.54) is 0 Å². The molecule has 0 saturated heterocycles. The molecule has 0 atom stereocenters. The molecule has 0 radical (unpaired) electrons. The Hall–Kier alpha value is -1.85. The Morgan fingerprint density at radius 1 is 1.17 bits per heavy atom. The monoisotopic (exact) mass is 390 g/mol. The topological polar surface area (TPSA) is 50.4 Å². The molecule has 2 N–H and O–H groups in total. The molecular formula is C19H23BrN2O2. The predicted molar refractivity (Wildman–Crippen MR) is 101 cm³/mol. The standard InChI is InChI=1S/C19H23BrN2O2/c1-13(2)21-11-15-10-16(20)6-9-18(15)24-12-19(23)22-17-7-4-14(3)5-8-17/h4-10,13,21H,11-12H2,1-3H3,(H,22,23). The van der Waals surface area contributed by atoms with Gasteiger partial charge in [-0.15, -0.1) is 0 Å². The number of carbonyl (C=O) groups excluding carboxylic acids is 1. The summed E-state index contributed by atoms with van der Waals surface area (Å²) in [5.74, 6) is 0.537. The number of hydrogen-bond acceptors (Lipinski definition) is 3. The van der Waals surface area contributed by atoms with Crippen LogP contribution < -0.4 is 15.4 Å². The molecule has 0 spiro atoms. The molecule has 0 heterocycles. The first-order chi connectivity index (χ1) is 11.4. The van der Waals surface area contributed by atoms with E-state index in [1.54, 1.807) is 0 Å². The third kappa shape index (κ3) is 5.98. The molecule has 1 amide bonds. The van der Waals surface area contributed by atoms with Crippen LogP contribution in [-0.4, -0.2) is 18.6 Å². The summed E-state index contributed by atoms with van der Waals surface area (Å²) in [6.07, 6.45) is 0. The van der Waals surface area contributed by atoms with E-state index in [4.69, 9.17) is 4.74 Å². The van der Waals surface area contributed by atoms with Gasteiger partial charge >= 0.3 is 0 Å². The first-order valence-electron chi connectivity index (χ1n) is 7.95. The highest BCUT2D eigenvalue weighted by Gasteiger charge is 2.09. The van der Waals surface area contributed by atoms with Gasteiger partial charge in [-0.05, 0) is 37.3 Å². The van der Waals surface area contributed by atoms with E-state index in [0.717, 1.165) is 21.3 Å². The SMILES string of the molecule is Cc1ccc(NC(=O)COc2ccc(Br)cc2CNC(C)C)cc1. The minimum Gasteiger partial charge on any atom is -0.483 e. The average molecular weight is 391 g/mol. The van der Waals surface area contributed by atoms with Crippen molar-refractivity contribution in [2.75, 3.05) is 11.9 Å². The Balaban J connectivity index is 1.95. The largest absolute Gasteiger partial charge is 0.483 e. The lowest BCUT2D eigenvalue weighted by atomic mass is 10.2.